The monoisotopic (exact) mass is 269 g/mol. The summed E-state index contributed by atoms with van der Waals surface area (Å²) in [6, 6.07) is 5.69. The van der Waals surface area contributed by atoms with Crippen LogP contribution in [0.15, 0.2) is 30.4 Å². The molecule has 4 rings (SSSR count). The van der Waals surface area contributed by atoms with Crippen LogP contribution in [0.2, 0.25) is 0 Å². The van der Waals surface area contributed by atoms with Crippen LogP contribution in [0.5, 0.6) is 0 Å². The molecular weight excluding hydrogens is 254 g/mol. The third-order valence-electron chi connectivity index (χ3n) is 4.66. The highest BCUT2D eigenvalue weighted by Gasteiger charge is 2.60. The topological polar surface area (TPSA) is 46.6 Å². The van der Waals surface area contributed by atoms with E-state index < -0.39 is 0 Å². The van der Waals surface area contributed by atoms with Gasteiger partial charge in [0.15, 0.2) is 0 Å². The minimum absolute atomic E-state index is 0.125. The smallest absolute Gasteiger partial charge is 0.240 e. The Hall–Kier alpha value is -1.94. The summed E-state index contributed by atoms with van der Waals surface area (Å²) < 4.78 is 5.63. The van der Waals surface area contributed by atoms with Crippen LogP contribution in [0.4, 0.5) is 5.69 Å². The maximum absolute atomic E-state index is 12.6. The molecular formula is C16H15NO3. The third-order valence-corrected chi connectivity index (χ3v) is 4.66. The zero-order valence-corrected chi connectivity index (χ0v) is 11.4. The summed E-state index contributed by atoms with van der Waals surface area (Å²) in [7, 11) is 0. The summed E-state index contributed by atoms with van der Waals surface area (Å²) in [4.78, 5) is 26.5. The summed E-state index contributed by atoms with van der Waals surface area (Å²) in [6.07, 6.45) is 3.36. The lowest BCUT2D eigenvalue weighted by Gasteiger charge is -2.18. The first-order chi connectivity index (χ1) is 9.58. The molecule has 4 heteroatoms. The number of carbonyl (C=O) groups is 2. The molecule has 0 saturated carbocycles. The largest absolute Gasteiger partial charge is 0.365 e. The van der Waals surface area contributed by atoms with Crippen LogP contribution in [0.1, 0.15) is 11.1 Å². The summed E-state index contributed by atoms with van der Waals surface area (Å²) in [5.41, 5.74) is 2.91. The number of ether oxygens (including phenoxy) is 1. The van der Waals surface area contributed by atoms with E-state index in [2.05, 4.69) is 0 Å². The Morgan fingerprint density at radius 1 is 0.950 bits per heavy atom. The molecule has 0 spiro atoms. The lowest BCUT2D eigenvalue weighted by atomic mass is 9.85. The van der Waals surface area contributed by atoms with Crippen LogP contribution in [-0.2, 0) is 14.3 Å². The molecule has 0 unspecified atom stereocenters. The minimum atomic E-state index is -0.334. The molecule has 0 aromatic heterocycles. The standard InChI is InChI=1S/C16H15NO3/c1-8-3-4-10(7-9(8)2)17-15(18)13-11-5-6-12(20-11)14(13)16(17)19/h3-7,11-14H,1-2H3/t11-,12-,13-,14-/m0/s1. The van der Waals surface area contributed by atoms with Crippen molar-refractivity contribution in [3.63, 3.8) is 0 Å². The van der Waals surface area contributed by atoms with Crippen LogP contribution in [0.3, 0.4) is 0 Å². The molecule has 2 saturated heterocycles. The molecule has 2 bridgehead atoms. The van der Waals surface area contributed by atoms with Crippen molar-refractivity contribution < 1.29 is 14.3 Å². The van der Waals surface area contributed by atoms with Gasteiger partial charge in [-0.25, -0.2) is 4.90 Å². The number of nitrogens with zero attached hydrogens (tertiary/aromatic N) is 1. The Labute approximate surface area is 117 Å². The van der Waals surface area contributed by atoms with Crippen LogP contribution < -0.4 is 4.90 Å². The predicted molar refractivity (Wildman–Crippen MR) is 73.2 cm³/mol. The van der Waals surface area contributed by atoms with Crippen molar-refractivity contribution in [2.75, 3.05) is 4.90 Å². The third kappa shape index (κ3) is 1.34. The van der Waals surface area contributed by atoms with Gasteiger partial charge in [0, 0.05) is 0 Å². The summed E-state index contributed by atoms with van der Waals surface area (Å²) in [5.74, 6) is -0.918. The molecule has 0 aliphatic carbocycles. The maximum atomic E-state index is 12.6. The van der Waals surface area contributed by atoms with Gasteiger partial charge in [-0.15, -0.1) is 0 Å². The molecule has 3 heterocycles. The van der Waals surface area contributed by atoms with Crippen molar-refractivity contribution in [2.45, 2.75) is 26.1 Å². The zero-order chi connectivity index (χ0) is 14.0. The number of aryl methyl sites for hydroxylation is 2. The molecule has 2 amide bonds. The quantitative estimate of drug-likeness (QED) is 0.576. The highest BCUT2D eigenvalue weighted by atomic mass is 16.5. The number of anilines is 1. The van der Waals surface area contributed by atoms with Gasteiger partial charge >= 0.3 is 0 Å². The van der Waals surface area contributed by atoms with Gasteiger partial charge in [-0.3, -0.25) is 9.59 Å². The van der Waals surface area contributed by atoms with Gasteiger partial charge < -0.3 is 4.74 Å². The van der Waals surface area contributed by atoms with Gasteiger partial charge in [0.2, 0.25) is 11.8 Å². The van der Waals surface area contributed by atoms with Crippen molar-refractivity contribution >= 4 is 17.5 Å². The van der Waals surface area contributed by atoms with Crippen molar-refractivity contribution in [3.8, 4) is 0 Å². The van der Waals surface area contributed by atoms with Crippen molar-refractivity contribution in [2.24, 2.45) is 11.8 Å². The van der Waals surface area contributed by atoms with E-state index in [-0.39, 0.29) is 35.9 Å². The average molecular weight is 269 g/mol. The van der Waals surface area contributed by atoms with E-state index in [1.54, 1.807) is 0 Å². The first kappa shape index (κ1) is 11.9. The molecule has 102 valence electrons. The van der Waals surface area contributed by atoms with E-state index in [1.165, 1.54) is 4.90 Å². The Morgan fingerprint density at radius 2 is 1.55 bits per heavy atom. The Kier molecular flexibility index (Phi) is 2.25. The number of imide groups is 1. The van der Waals surface area contributed by atoms with Crippen molar-refractivity contribution in [3.05, 3.63) is 41.5 Å². The molecule has 1 aromatic carbocycles. The fourth-order valence-corrected chi connectivity index (χ4v) is 3.42. The van der Waals surface area contributed by atoms with E-state index in [0.717, 1.165) is 11.1 Å². The number of benzene rings is 1. The Bertz CT molecular complexity index is 634. The first-order valence-corrected chi connectivity index (χ1v) is 6.87. The normalized spacial score (nSPS) is 34.2. The van der Waals surface area contributed by atoms with Gasteiger partial charge in [-0.05, 0) is 37.1 Å². The number of hydrogen-bond donors (Lipinski definition) is 0. The molecule has 3 aliphatic heterocycles. The fourth-order valence-electron chi connectivity index (χ4n) is 3.42. The van der Waals surface area contributed by atoms with E-state index in [4.69, 9.17) is 4.74 Å². The van der Waals surface area contributed by atoms with Gasteiger partial charge in [-0.2, -0.15) is 0 Å². The molecule has 20 heavy (non-hydrogen) atoms. The summed E-state index contributed by atoms with van der Waals surface area (Å²) in [6.45, 7) is 4.00. The highest BCUT2D eigenvalue weighted by Crippen LogP contribution is 2.46. The number of carbonyl (C=O) groups excluding carboxylic acids is 2. The lowest BCUT2D eigenvalue weighted by Crippen LogP contribution is -2.34. The van der Waals surface area contributed by atoms with E-state index in [0.29, 0.717) is 5.69 Å². The van der Waals surface area contributed by atoms with E-state index in [1.807, 2.05) is 44.2 Å². The summed E-state index contributed by atoms with van der Waals surface area (Å²) >= 11 is 0. The summed E-state index contributed by atoms with van der Waals surface area (Å²) in [5, 5.41) is 0. The molecule has 0 radical (unpaired) electrons. The molecule has 4 nitrogen and oxygen atoms in total. The average Bonchev–Trinajstić information content (AvgIpc) is 3.08. The van der Waals surface area contributed by atoms with Crippen molar-refractivity contribution in [1.29, 1.82) is 0 Å². The van der Waals surface area contributed by atoms with Gasteiger partial charge in [0.1, 0.15) is 0 Å². The van der Waals surface area contributed by atoms with Crippen LogP contribution >= 0.6 is 0 Å². The van der Waals surface area contributed by atoms with E-state index in [9.17, 15) is 9.59 Å². The maximum Gasteiger partial charge on any atom is 0.240 e. The molecule has 4 atom stereocenters. The highest BCUT2D eigenvalue weighted by molar-refractivity contribution is 6.23. The van der Waals surface area contributed by atoms with Crippen LogP contribution in [0, 0.1) is 25.7 Å². The molecule has 1 aromatic rings. The minimum Gasteiger partial charge on any atom is -0.365 e. The number of amides is 2. The second-order valence-electron chi connectivity index (χ2n) is 5.78. The predicted octanol–water partition coefficient (Wildman–Crippen LogP) is 1.75. The number of fused-ring (bicyclic) bond motifs is 5. The number of hydrogen-bond acceptors (Lipinski definition) is 3. The molecule has 0 N–H and O–H groups in total. The second kappa shape index (κ2) is 3.79. The van der Waals surface area contributed by atoms with Gasteiger partial charge in [-0.1, -0.05) is 18.2 Å². The SMILES string of the molecule is Cc1ccc(N2C(=O)[C@@H]3[C@@H](C2=O)[C@@H]2C=C[C@@H]3O2)cc1C. The van der Waals surface area contributed by atoms with Gasteiger partial charge in [0.05, 0.1) is 29.7 Å². The Morgan fingerprint density at radius 3 is 2.10 bits per heavy atom. The van der Waals surface area contributed by atoms with E-state index >= 15 is 0 Å². The zero-order valence-electron chi connectivity index (χ0n) is 11.4. The van der Waals surface area contributed by atoms with Crippen molar-refractivity contribution in [1.82, 2.24) is 0 Å². The molecule has 2 fully saturated rings. The lowest BCUT2D eigenvalue weighted by molar-refractivity contribution is -0.124. The number of rotatable bonds is 1. The molecule has 3 aliphatic rings. The first-order valence-electron chi connectivity index (χ1n) is 6.87. The van der Waals surface area contributed by atoms with Crippen LogP contribution in [-0.4, -0.2) is 24.0 Å². The Balaban J connectivity index is 1.76. The van der Waals surface area contributed by atoms with Gasteiger partial charge in [0.25, 0.3) is 0 Å². The fraction of sp³-hybridized carbons (Fsp3) is 0.375. The van der Waals surface area contributed by atoms with Crippen LogP contribution in [0.25, 0.3) is 0 Å². The second-order valence-corrected chi connectivity index (χ2v) is 5.78.